The number of ether oxygens (including phenoxy) is 1. The molecule has 1 aromatic rings. The van der Waals surface area contributed by atoms with Gasteiger partial charge in [-0.1, -0.05) is 37.8 Å². The molecular weight excluding hydrogens is 262 g/mol. The number of pyridine rings is 1. The Bertz CT molecular complexity index is 400. The van der Waals surface area contributed by atoms with Crippen LogP contribution in [-0.2, 0) is 4.74 Å². The second kappa shape index (κ2) is 8.16. The van der Waals surface area contributed by atoms with E-state index < -0.39 is 0 Å². The van der Waals surface area contributed by atoms with Crippen LogP contribution in [-0.4, -0.2) is 17.1 Å². The Morgan fingerprint density at radius 3 is 2.74 bits per heavy atom. The van der Waals surface area contributed by atoms with Gasteiger partial charge in [-0.15, -0.1) is 0 Å². The number of hydrogen-bond donors (Lipinski definition) is 0. The zero-order valence-corrected chi connectivity index (χ0v) is 12.7. The standard InChI is InChI=1S/C15H22ClNO2/c1-4-5-6-7-8-12(3)19-15(18)13-9-11(2)17-14(16)10-13/h9-10,12H,4-8H2,1-3H3. The number of hydrogen-bond acceptors (Lipinski definition) is 3. The molecule has 4 heteroatoms. The summed E-state index contributed by atoms with van der Waals surface area (Å²) in [7, 11) is 0. The van der Waals surface area contributed by atoms with Gasteiger partial charge in [0, 0.05) is 5.69 Å². The van der Waals surface area contributed by atoms with Gasteiger partial charge in [0.15, 0.2) is 0 Å². The quantitative estimate of drug-likeness (QED) is 0.418. The van der Waals surface area contributed by atoms with Crippen molar-refractivity contribution in [2.45, 2.75) is 59.0 Å². The second-order valence-corrected chi connectivity index (χ2v) is 5.27. The fourth-order valence-electron chi connectivity index (χ4n) is 1.91. The molecule has 106 valence electrons. The molecule has 1 heterocycles. The molecule has 1 aromatic heterocycles. The minimum atomic E-state index is -0.324. The number of carbonyl (C=O) groups is 1. The third-order valence-electron chi connectivity index (χ3n) is 2.93. The van der Waals surface area contributed by atoms with E-state index in [1.54, 1.807) is 19.1 Å². The van der Waals surface area contributed by atoms with Crippen LogP contribution in [0.2, 0.25) is 5.15 Å². The molecule has 1 unspecified atom stereocenters. The summed E-state index contributed by atoms with van der Waals surface area (Å²) in [5.41, 5.74) is 1.19. The van der Waals surface area contributed by atoms with Crippen molar-refractivity contribution < 1.29 is 9.53 Å². The fourth-order valence-corrected chi connectivity index (χ4v) is 2.17. The Hall–Kier alpha value is -1.09. The molecule has 19 heavy (non-hydrogen) atoms. The van der Waals surface area contributed by atoms with Gasteiger partial charge in [0.2, 0.25) is 0 Å². The van der Waals surface area contributed by atoms with Crippen LogP contribution in [0.25, 0.3) is 0 Å². The van der Waals surface area contributed by atoms with Gasteiger partial charge in [0.05, 0.1) is 11.7 Å². The number of aryl methyl sites for hydroxylation is 1. The number of unbranched alkanes of at least 4 members (excludes halogenated alkanes) is 3. The van der Waals surface area contributed by atoms with Gasteiger partial charge in [-0.25, -0.2) is 9.78 Å². The highest BCUT2D eigenvalue weighted by Crippen LogP contribution is 2.14. The van der Waals surface area contributed by atoms with Crippen molar-refractivity contribution in [2.24, 2.45) is 0 Å². The summed E-state index contributed by atoms with van der Waals surface area (Å²) >= 11 is 5.83. The molecule has 0 aliphatic carbocycles. The van der Waals surface area contributed by atoms with Crippen LogP contribution in [0, 0.1) is 6.92 Å². The van der Waals surface area contributed by atoms with Crippen molar-refractivity contribution in [3.05, 3.63) is 28.5 Å². The van der Waals surface area contributed by atoms with Crippen molar-refractivity contribution in [1.29, 1.82) is 0 Å². The maximum atomic E-state index is 11.9. The lowest BCUT2D eigenvalue weighted by Gasteiger charge is -2.13. The lowest BCUT2D eigenvalue weighted by atomic mass is 10.1. The fraction of sp³-hybridized carbons (Fsp3) is 0.600. The Labute approximate surface area is 120 Å². The van der Waals surface area contributed by atoms with E-state index in [0.717, 1.165) is 18.5 Å². The van der Waals surface area contributed by atoms with E-state index in [1.807, 2.05) is 6.92 Å². The number of esters is 1. The molecule has 0 bridgehead atoms. The molecule has 0 aromatic carbocycles. The van der Waals surface area contributed by atoms with Crippen molar-refractivity contribution in [2.75, 3.05) is 0 Å². The normalized spacial score (nSPS) is 12.2. The molecule has 1 rings (SSSR count). The van der Waals surface area contributed by atoms with E-state index in [1.165, 1.54) is 19.3 Å². The summed E-state index contributed by atoms with van der Waals surface area (Å²) in [5.74, 6) is -0.324. The first-order valence-corrected chi connectivity index (χ1v) is 7.26. The van der Waals surface area contributed by atoms with E-state index >= 15 is 0 Å². The van der Waals surface area contributed by atoms with E-state index in [0.29, 0.717) is 10.7 Å². The molecule has 0 aliphatic rings. The first-order valence-electron chi connectivity index (χ1n) is 6.88. The third-order valence-corrected chi connectivity index (χ3v) is 3.12. The van der Waals surface area contributed by atoms with Gasteiger partial charge < -0.3 is 4.74 Å². The molecule has 0 saturated heterocycles. The van der Waals surface area contributed by atoms with E-state index in [2.05, 4.69) is 11.9 Å². The van der Waals surface area contributed by atoms with Gasteiger partial charge in [0.1, 0.15) is 5.15 Å². The van der Waals surface area contributed by atoms with Crippen LogP contribution in [0.3, 0.4) is 0 Å². The van der Waals surface area contributed by atoms with E-state index in [4.69, 9.17) is 16.3 Å². The molecule has 0 fully saturated rings. The summed E-state index contributed by atoms with van der Waals surface area (Å²) in [6.07, 6.45) is 5.58. The highest BCUT2D eigenvalue weighted by atomic mass is 35.5. The van der Waals surface area contributed by atoms with Crippen LogP contribution in [0.5, 0.6) is 0 Å². The van der Waals surface area contributed by atoms with Crippen molar-refractivity contribution >= 4 is 17.6 Å². The summed E-state index contributed by atoms with van der Waals surface area (Å²) in [4.78, 5) is 16.0. The van der Waals surface area contributed by atoms with Crippen molar-refractivity contribution in [1.82, 2.24) is 4.98 Å². The van der Waals surface area contributed by atoms with Gasteiger partial charge >= 0.3 is 5.97 Å². The Morgan fingerprint density at radius 2 is 2.11 bits per heavy atom. The summed E-state index contributed by atoms with van der Waals surface area (Å²) < 4.78 is 5.40. The maximum absolute atomic E-state index is 11.9. The van der Waals surface area contributed by atoms with Gasteiger partial charge in [-0.2, -0.15) is 0 Å². The first kappa shape index (κ1) is 16.0. The Balaban J connectivity index is 2.45. The SMILES string of the molecule is CCCCCCC(C)OC(=O)c1cc(C)nc(Cl)c1. The minimum absolute atomic E-state index is 0.0587. The smallest absolute Gasteiger partial charge is 0.338 e. The van der Waals surface area contributed by atoms with Crippen LogP contribution >= 0.6 is 11.6 Å². The summed E-state index contributed by atoms with van der Waals surface area (Å²) in [5, 5.41) is 0.322. The largest absolute Gasteiger partial charge is 0.459 e. The minimum Gasteiger partial charge on any atom is -0.459 e. The topological polar surface area (TPSA) is 39.2 Å². The van der Waals surface area contributed by atoms with E-state index in [-0.39, 0.29) is 12.1 Å². The van der Waals surface area contributed by atoms with Crippen molar-refractivity contribution in [3.8, 4) is 0 Å². The molecule has 0 spiro atoms. The van der Waals surface area contributed by atoms with Gasteiger partial charge in [-0.05, 0) is 38.8 Å². The molecular formula is C15H22ClNO2. The highest BCUT2D eigenvalue weighted by molar-refractivity contribution is 6.29. The zero-order valence-electron chi connectivity index (χ0n) is 11.9. The highest BCUT2D eigenvalue weighted by Gasteiger charge is 2.13. The lowest BCUT2D eigenvalue weighted by Crippen LogP contribution is -2.15. The number of nitrogens with zero attached hydrogens (tertiary/aromatic N) is 1. The average Bonchev–Trinajstić information content (AvgIpc) is 2.33. The Morgan fingerprint density at radius 1 is 1.37 bits per heavy atom. The second-order valence-electron chi connectivity index (χ2n) is 4.89. The summed E-state index contributed by atoms with van der Waals surface area (Å²) in [6.45, 7) is 5.91. The van der Waals surface area contributed by atoms with Crippen LogP contribution in [0.4, 0.5) is 0 Å². The third kappa shape index (κ3) is 6.06. The van der Waals surface area contributed by atoms with Gasteiger partial charge in [-0.3, -0.25) is 0 Å². The Kier molecular flexibility index (Phi) is 6.85. The van der Waals surface area contributed by atoms with Crippen molar-refractivity contribution in [3.63, 3.8) is 0 Å². The molecule has 0 saturated carbocycles. The zero-order chi connectivity index (χ0) is 14.3. The molecule has 0 amide bonds. The molecule has 3 nitrogen and oxygen atoms in total. The molecule has 0 aliphatic heterocycles. The monoisotopic (exact) mass is 283 g/mol. The number of carbonyl (C=O) groups excluding carboxylic acids is 1. The average molecular weight is 284 g/mol. The summed E-state index contributed by atoms with van der Waals surface area (Å²) in [6, 6.07) is 3.23. The van der Waals surface area contributed by atoms with Crippen LogP contribution in [0.1, 0.15) is 62.0 Å². The molecule has 0 radical (unpaired) electrons. The van der Waals surface area contributed by atoms with Crippen LogP contribution in [0.15, 0.2) is 12.1 Å². The maximum Gasteiger partial charge on any atom is 0.338 e. The number of aromatic nitrogens is 1. The first-order chi connectivity index (χ1) is 9.02. The van der Waals surface area contributed by atoms with Crippen LogP contribution < -0.4 is 0 Å². The number of rotatable bonds is 7. The number of halogens is 1. The molecule has 1 atom stereocenters. The predicted octanol–water partition coefficient (Wildman–Crippen LogP) is 4.56. The van der Waals surface area contributed by atoms with Gasteiger partial charge in [0.25, 0.3) is 0 Å². The predicted molar refractivity (Wildman–Crippen MR) is 77.6 cm³/mol. The molecule has 0 N–H and O–H groups in total. The van der Waals surface area contributed by atoms with E-state index in [9.17, 15) is 4.79 Å². The lowest BCUT2D eigenvalue weighted by molar-refractivity contribution is 0.0319.